The highest BCUT2D eigenvalue weighted by Gasteiger charge is 2.39. The minimum Gasteiger partial charge on any atom is -0.327 e. The van der Waals surface area contributed by atoms with Crippen LogP contribution in [-0.4, -0.2) is 41.6 Å². The first-order valence-electron chi connectivity index (χ1n) is 6.56. The second kappa shape index (κ2) is 4.88. The van der Waals surface area contributed by atoms with E-state index in [9.17, 15) is 8.42 Å². The molecule has 1 fully saturated rings. The summed E-state index contributed by atoms with van der Waals surface area (Å²) in [7, 11) is -3.48. The molecule has 0 saturated carbocycles. The Morgan fingerprint density at radius 1 is 1.53 bits per heavy atom. The first-order chi connectivity index (χ1) is 8.79. The molecule has 108 valence electrons. The predicted octanol–water partition coefficient (Wildman–Crippen LogP) is 0.651. The summed E-state index contributed by atoms with van der Waals surface area (Å²) >= 11 is 0. The Bertz CT molecular complexity index is 550. The van der Waals surface area contributed by atoms with Crippen molar-refractivity contribution in [1.29, 1.82) is 0 Å². The Kier molecular flexibility index (Phi) is 3.72. The van der Waals surface area contributed by atoms with Gasteiger partial charge >= 0.3 is 0 Å². The van der Waals surface area contributed by atoms with Gasteiger partial charge in [-0.25, -0.2) is 8.42 Å². The van der Waals surface area contributed by atoms with Gasteiger partial charge in [0.25, 0.3) is 10.0 Å². The zero-order chi connectivity index (χ0) is 14.3. The van der Waals surface area contributed by atoms with E-state index in [2.05, 4.69) is 5.10 Å². The summed E-state index contributed by atoms with van der Waals surface area (Å²) in [5.74, 6) is 0. The molecule has 1 aliphatic heterocycles. The van der Waals surface area contributed by atoms with Gasteiger partial charge in [0.15, 0.2) is 5.03 Å². The van der Waals surface area contributed by atoms with Crippen molar-refractivity contribution >= 4 is 10.0 Å². The number of aryl methyl sites for hydroxylation is 1. The molecule has 19 heavy (non-hydrogen) atoms. The first kappa shape index (κ1) is 14.5. The lowest BCUT2D eigenvalue weighted by molar-refractivity contribution is 0.155. The van der Waals surface area contributed by atoms with E-state index in [0.29, 0.717) is 26.1 Å². The Hall–Kier alpha value is -0.920. The lowest BCUT2D eigenvalue weighted by atomic mass is 9.81. The largest absolute Gasteiger partial charge is 0.327 e. The van der Waals surface area contributed by atoms with E-state index in [1.165, 1.54) is 15.2 Å². The summed E-state index contributed by atoms with van der Waals surface area (Å²) in [6, 6.07) is 1.59. The number of nitrogens with zero attached hydrogens (tertiary/aromatic N) is 3. The monoisotopic (exact) mass is 286 g/mol. The SMILES string of the molecule is CCn1nccc1S(=O)(=O)N1CCC(N)C(C)(C)C1. The molecule has 2 heterocycles. The van der Waals surface area contributed by atoms with Crippen LogP contribution in [0.25, 0.3) is 0 Å². The molecule has 0 aliphatic carbocycles. The fraction of sp³-hybridized carbons (Fsp3) is 0.750. The second-order valence-electron chi connectivity index (χ2n) is 5.71. The molecule has 2 N–H and O–H groups in total. The zero-order valence-corrected chi connectivity index (χ0v) is 12.5. The van der Waals surface area contributed by atoms with Crippen LogP contribution in [0.4, 0.5) is 0 Å². The molecule has 1 aromatic heterocycles. The van der Waals surface area contributed by atoms with Crippen molar-refractivity contribution in [2.45, 2.75) is 44.8 Å². The molecule has 0 aromatic carbocycles. The number of sulfonamides is 1. The minimum atomic E-state index is -3.48. The molecule has 0 spiro atoms. The maximum Gasteiger partial charge on any atom is 0.260 e. The second-order valence-corrected chi connectivity index (χ2v) is 7.59. The van der Waals surface area contributed by atoms with Crippen LogP contribution >= 0.6 is 0 Å². The molecule has 1 aliphatic rings. The van der Waals surface area contributed by atoms with Crippen LogP contribution in [0, 0.1) is 5.41 Å². The Balaban J connectivity index is 2.31. The standard InChI is InChI=1S/C12H22N4O2S/c1-4-16-11(5-7-14-16)19(17,18)15-8-6-10(13)12(2,3)9-15/h5,7,10H,4,6,8-9,13H2,1-3H3. The van der Waals surface area contributed by atoms with Crippen molar-refractivity contribution in [1.82, 2.24) is 14.1 Å². The van der Waals surface area contributed by atoms with E-state index in [0.717, 1.165) is 0 Å². The molecule has 0 radical (unpaired) electrons. The minimum absolute atomic E-state index is 0.0371. The summed E-state index contributed by atoms with van der Waals surface area (Å²) in [4.78, 5) is 0. The first-order valence-corrected chi connectivity index (χ1v) is 8.00. The van der Waals surface area contributed by atoms with E-state index >= 15 is 0 Å². The molecule has 1 unspecified atom stereocenters. The van der Waals surface area contributed by atoms with Crippen LogP contribution in [0.1, 0.15) is 27.2 Å². The van der Waals surface area contributed by atoms with Gasteiger partial charge in [-0.15, -0.1) is 0 Å². The third-order valence-electron chi connectivity index (χ3n) is 3.86. The normalized spacial score (nSPS) is 24.5. The molecule has 0 bridgehead atoms. The zero-order valence-electron chi connectivity index (χ0n) is 11.7. The molecular formula is C12H22N4O2S. The van der Waals surface area contributed by atoms with Crippen molar-refractivity contribution in [2.24, 2.45) is 11.1 Å². The average Bonchev–Trinajstić information content (AvgIpc) is 2.81. The molecule has 1 aromatic rings. The van der Waals surface area contributed by atoms with Gasteiger partial charge in [0.05, 0.1) is 6.20 Å². The van der Waals surface area contributed by atoms with Crippen LogP contribution in [0.5, 0.6) is 0 Å². The predicted molar refractivity (Wildman–Crippen MR) is 73.0 cm³/mol. The smallest absolute Gasteiger partial charge is 0.260 e. The highest BCUT2D eigenvalue weighted by Crippen LogP contribution is 2.31. The lowest BCUT2D eigenvalue weighted by Gasteiger charge is -2.41. The van der Waals surface area contributed by atoms with Gasteiger partial charge < -0.3 is 5.73 Å². The van der Waals surface area contributed by atoms with E-state index in [1.807, 2.05) is 20.8 Å². The van der Waals surface area contributed by atoms with E-state index in [4.69, 9.17) is 5.73 Å². The number of hydrogen-bond acceptors (Lipinski definition) is 4. The number of piperidine rings is 1. The van der Waals surface area contributed by atoms with E-state index in [-0.39, 0.29) is 16.5 Å². The summed E-state index contributed by atoms with van der Waals surface area (Å²) in [5.41, 5.74) is 5.85. The van der Waals surface area contributed by atoms with Gasteiger partial charge in [0, 0.05) is 25.7 Å². The van der Waals surface area contributed by atoms with Gasteiger partial charge in [-0.3, -0.25) is 4.68 Å². The summed E-state index contributed by atoms with van der Waals surface area (Å²) in [6.07, 6.45) is 2.21. The van der Waals surface area contributed by atoms with Gasteiger partial charge in [-0.2, -0.15) is 9.40 Å². The van der Waals surface area contributed by atoms with Crippen LogP contribution in [0.15, 0.2) is 17.3 Å². The molecule has 1 saturated heterocycles. The van der Waals surface area contributed by atoms with Crippen LogP contribution in [-0.2, 0) is 16.6 Å². The average molecular weight is 286 g/mol. The molecule has 2 rings (SSSR count). The van der Waals surface area contributed by atoms with E-state index in [1.54, 1.807) is 6.07 Å². The summed E-state index contributed by atoms with van der Waals surface area (Å²) in [5, 5.41) is 4.30. The Morgan fingerprint density at radius 3 is 2.79 bits per heavy atom. The summed E-state index contributed by atoms with van der Waals surface area (Å²) in [6.45, 7) is 7.36. The highest BCUT2D eigenvalue weighted by atomic mass is 32.2. The number of aromatic nitrogens is 2. The molecular weight excluding hydrogens is 264 g/mol. The quantitative estimate of drug-likeness (QED) is 0.884. The summed E-state index contributed by atoms with van der Waals surface area (Å²) < 4.78 is 28.3. The van der Waals surface area contributed by atoms with Gasteiger partial charge in [0.1, 0.15) is 0 Å². The number of nitrogens with two attached hydrogens (primary N) is 1. The molecule has 6 nitrogen and oxygen atoms in total. The maximum atomic E-state index is 12.6. The van der Waals surface area contributed by atoms with Crippen molar-refractivity contribution in [3.8, 4) is 0 Å². The van der Waals surface area contributed by atoms with Crippen LogP contribution < -0.4 is 5.73 Å². The van der Waals surface area contributed by atoms with Crippen molar-refractivity contribution in [2.75, 3.05) is 13.1 Å². The van der Waals surface area contributed by atoms with Crippen LogP contribution in [0.3, 0.4) is 0 Å². The van der Waals surface area contributed by atoms with E-state index < -0.39 is 10.0 Å². The maximum absolute atomic E-state index is 12.6. The van der Waals surface area contributed by atoms with Crippen molar-refractivity contribution in [3.05, 3.63) is 12.3 Å². The topological polar surface area (TPSA) is 81.2 Å². The third-order valence-corrected chi connectivity index (χ3v) is 5.73. The Morgan fingerprint density at radius 2 is 2.21 bits per heavy atom. The fourth-order valence-electron chi connectivity index (χ4n) is 2.44. The Labute approximate surface area is 114 Å². The van der Waals surface area contributed by atoms with Gasteiger partial charge in [-0.1, -0.05) is 13.8 Å². The molecule has 1 atom stereocenters. The number of rotatable bonds is 3. The third kappa shape index (κ3) is 2.54. The van der Waals surface area contributed by atoms with Crippen LogP contribution in [0.2, 0.25) is 0 Å². The van der Waals surface area contributed by atoms with Gasteiger partial charge in [-0.05, 0) is 24.8 Å². The fourth-order valence-corrected chi connectivity index (χ4v) is 4.23. The number of hydrogen-bond donors (Lipinski definition) is 1. The highest BCUT2D eigenvalue weighted by molar-refractivity contribution is 7.89. The van der Waals surface area contributed by atoms with Crippen molar-refractivity contribution < 1.29 is 8.42 Å². The van der Waals surface area contributed by atoms with Crippen molar-refractivity contribution in [3.63, 3.8) is 0 Å². The van der Waals surface area contributed by atoms with Gasteiger partial charge in [0.2, 0.25) is 0 Å². The lowest BCUT2D eigenvalue weighted by Crippen LogP contribution is -2.54. The molecule has 7 heteroatoms. The molecule has 0 amide bonds.